The van der Waals surface area contributed by atoms with Gasteiger partial charge in [0.05, 0.1) is 5.56 Å². The maximum Gasteiger partial charge on any atom is 0.573 e. The quantitative estimate of drug-likeness (QED) is 0.425. The van der Waals surface area contributed by atoms with Gasteiger partial charge in [0.2, 0.25) is 0 Å². The van der Waals surface area contributed by atoms with E-state index >= 15 is 0 Å². The van der Waals surface area contributed by atoms with Crippen molar-refractivity contribution in [3.05, 3.63) is 53.3 Å². The molecular weight excluding hydrogens is 406 g/mol. The Hall–Kier alpha value is -2.18. The zero-order valence-corrected chi connectivity index (χ0v) is 16.7. The third kappa shape index (κ3) is 5.70. The van der Waals surface area contributed by atoms with Crippen molar-refractivity contribution in [3.63, 3.8) is 0 Å². The van der Waals surface area contributed by atoms with Gasteiger partial charge in [-0.05, 0) is 66.5 Å². The number of alkyl halides is 3. The largest absolute Gasteiger partial charge is 0.573 e. The molecule has 0 N–H and O–H groups in total. The molecule has 1 aliphatic carbocycles. The van der Waals surface area contributed by atoms with Crippen molar-refractivity contribution < 1.29 is 31.1 Å². The molecule has 0 bridgehead atoms. The number of hydrogen-bond donors (Lipinski definition) is 0. The second-order valence-electron chi connectivity index (χ2n) is 8.01. The van der Waals surface area contributed by atoms with Gasteiger partial charge in [-0.3, -0.25) is 0 Å². The van der Waals surface area contributed by atoms with E-state index in [1.165, 1.54) is 18.6 Å². The van der Waals surface area contributed by atoms with E-state index < -0.39 is 35.1 Å². The van der Waals surface area contributed by atoms with Gasteiger partial charge in [-0.1, -0.05) is 38.7 Å². The Morgan fingerprint density at radius 3 is 2.00 bits per heavy atom. The van der Waals surface area contributed by atoms with E-state index in [4.69, 9.17) is 0 Å². The minimum Gasteiger partial charge on any atom is -0.403 e. The van der Waals surface area contributed by atoms with Gasteiger partial charge in [-0.25, -0.2) is 13.2 Å². The number of rotatable bonds is 6. The molecule has 0 spiro atoms. The lowest BCUT2D eigenvalue weighted by molar-refractivity contribution is -0.275. The van der Waals surface area contributed by atoms with Gasteiger partial charge in [0.1, 0.15) is 11.6 Å². The molecule has 3 rings (SSSR count). The number of hydrogen-bond acceptors (Lipinski definition) is 1. The summed E-state index contributed by atoms with van der Waals surface area (Å²) in [4.78, 5) is 0. The molecule has 0 aromatic heterocycles. The molecule has 1 nitrogen and oxygen atoms in total. The van der Waals surface area contributed by atoms with E-state index in [0.717, 1.165) is 44.1 Å². The summed E-state index contributed by atoms with van der Waals surface area (Å²) in [6.07, 6.45) is 2.21. The van der Waals surface area contributed by atoms with E-state index in [2.05, 4.69) is 11.7 Å². The zero-order valence-electron chi connectivity index (χ0n) is 16.7. The van der Waals surface area contributed by atoms with Crippen LogP contribution in [-0.2, 0) is 6.42 Å². The van der Waals surface area contributed by atoms with E-state index in [0.29, 0.717) is 30.0 Å². The molecule has 0 atom stereocenters. The molecule has 0 amide bonds. The lowest BCUT2D eigenvalue weighted by Gasteiger charge is -2.28. The Morgan fingerprint density at radius 1 is 0.867 bits per heavy atom. The van der Waals surface area contributed by atoms with Crippen LogP contribution in [0.2, 0.25) is 0 Å². The Kier molecular flexibility index (Phi) is 6.98. The maximum atomic E-state index is 14.6. The highest BCUT2D eigenvalue weighted by Gasteiger charge is 2.32. The number of benzene rings is 2. The summed E-state index contributed by atoms with van der Waals surface area (Å²) in [6, 6.07) is 4.81. The van der Waals surface area contributed by atoms with Gasteiger partial charge in [0, 0.05) is 0 Å². The van der Waals surface area contributed by atoms with E-state index in [1.54, 1.807) is 0 Å². The predicted molar refractivity (Wildman–Crippen MR) is 102 cm³/mol. The van der Waals surface area contributed by atoms with Crippen LogP contribution < -0.4 is 4.74 Å². The molecule has 2 aromatic rings. The first-order chi connectivity index (χ1) is 14.2. The summed E-state index contributed by atoms with van der Waals surface area (Å²) in [7, 11) is 0. The maximum absolute atomic E-state index is 14.6. The topological polar surface area (TPSA) is 9.23 Å². The van der Waals surface area contributed by atoms with Crippen LogP contribution in [0, 0.1) is 29.3 Å². The van der Waals surface area contributed by atoms with Crippen LogP contribution in [0.5, 0.6) is 5.75 Å². The van der Waals surface area contributed by atoms with E-state index in [1.807, 2.05) is 0 Å². The molecule has 1 saturated carbocycles. The average Bonchev–Trinajstić information content (AvgIpc) is 2.64. The molecule has 0 unspecified atom stereocenters. The Morgan fingerprint density at radius 2 is 1.47 bits per heavy atom. The third-order valence-corrected chi connectivity index (χ3v) is 5.74. The number of halogens is 6. The van der Waals surface area contributed by atoms with Crippen molar-refractivity contribution in [2.75, 3.05) is 0 Å². The fourth-order valence-corrected chi connectivity index (χ4v) is 4.35. The minimum absolute atomic E-state index is 0.191. The first kappa shape index (κ1) is 22.5. The van der Waals surface area contributed by atoms with Crippen molar-refractivity contribution in [2.45, 2.75) is 58.2 Å². The summed E-state index contributed by atoms with van der Waals surface area (Å²) in [5.41, 5.74) is -0.128. The van der Waals surface area contributed by atoms with Gasteiger partial charge in [0.25, 0.3) is 0 Å². The van der Waals surface area contributed by atoms with Crippen LogP contribution in [0.15, 0.2) is 30.3 Å². The molecule has 1 fully saturated rings. The molecule has 0 heterocycles. The van der Waals surface area contributed by atoms with E-state index in [9.17, 15) is 26.3 Å². The SMILES string of the molecule is CCCC1CCC(Cc2cc(F)c(-c3ccc(OC(F)(F)F)c(F)c3)c(F)c2)CC1. The van der Waals surface area contributed by atoms with Crippen LogP contribution in [0.1, 0.15) is 51.0 Å². The molecule has 0 aliphatic heterocycles. The van der Waals surface area contributed by atoms with Gasteiger partial charge >= 0.3 is 6.36 Å². The third-order valence-electron chi connectivity index (χ3n) is 5.74. The summed E-state index contributed by atoms with van der Waals surface area (Å²) in [5.74, 6) is -3.03. The lowest BCUT2D eigenvalue weighted by Crippen LogP contribution is -2.18. The summed E-state index contributed by atoms with van der Waals surface area (Å²) < 4.78 is 83.6. The van der Waals surface area contributed by atoms with E-state index in [-0.39, 0.29) is 5.56 Å². The van der Waals surface area contributed by atoms with Crippen molar-refractivity contribution in [1.29, 1.82) is 0 Å². The van der Waals surface area contributed by atoms with Crippen molar-refractivity contribution >= 4 is 0 Å². The van der Waals surface area contributed by atoms with Crippen LogP contribution in [0.25, 0.3) is 11.1 Å². The first-order valence-electron chi connectivity index (χ1n) is 10.2. The van der Waals surface area contributed by atoms with Crippen LogP contribution in [0.4, 0.5) is 26.3 Å². The van der Waals surface area contributed by atoms with Gasteiger partial charge in [-0.15, -0.1) is 13.2 Å². The Balaban J connectivity index is 1.74. The summed E-state index contributed by atoms with van der Waals surface area (Å²) in [5, 5.41) is 0. The van der Waals surface area contributed by atoms with Crippen molar-refractivity contribution in [1.82, 2.24) is 0 Å². The van der Waals surface area contributed by atoms with Crippen LogP contribution >= 0.6 is 0 Å². The van der Waals surface area contributed by atoms with Gasteiger partial charge in [0.15, 0.2) is 11.6 Å². The fourth-order valence-electron chi connectivity index (χ4n) is 4.35. The predicted octanol–water partition coefficient (Wildman–Crippen LogP) is 7.82. The Bertz CT molecular complexity index is 845. The highest BCUT2D eigenvalue weighted by atomic mass is 19.4. The zero-order chi connectivity index (χ0) is 21.9. The van der Waals surface area contributed by atoms with Crippen molar-refractivity contribution in [3.8, 4) is 16.9 Å². The standard InChI is InChI=1S/C23H24F6O/c1-2-3-14-4-6-15(7-5-14)10-16-11-19(25)22(20(26)12-16)17-8-9-21(18(24)13-17)30-23(27,28)29/h8-9,11-15H,2-7,10H2,1H3. The molecule has 1 aliphatic rings. The van der Waals surface area contributed by atoms with Gasteiger partial charge in [-0.2, -0.15) is 0 Å². The molecule has 7 heteroatoms. The highest BCUT2D eigenvalue weighted by molar-refractivity contribution is 5.66. The minimum atomic E-state index is -5.06. The van der Waals surface area contributed by atoms with Crippen LogP contribution in [0.3, 0.4) is 0 Å². The van der Waals surface area contributed by atoms with Gasteiger partial charge < -0.3 is 4.74 Å². The average molecular weight is 430 g/mol. The smallest absolute Gasteiger partial charge is 0.403 e. The molecule has 0 saturated heterocycles. The molecule has 2 aromatic carbocycles. The molecule has 30 heavy (non-hydrogen) atoms. The second-order valence-corrected chi connectivity index (χ2v) is 8.01. The molecular formula is C23H24F6O. The summed E-state index contributed by atoms with van der Waals surface area (Å²) >= 11 is 0. The molecule has 164 valence electrons. The highest BCUT2D eigenvalue weighted by Crippen LogP contribution is 2.36. The normalized spacial score (nSPS) is 19.7. The number of ether oxygens (including phenoxy) is 1. The molecule has 0 radical (unpaired) electrons. The lowest BCUT2D eigenvalue weighted by atomic mass is 9.78. The van der Waals surface area contributed by atoms with Crippen molar-refractivity contribution in [2.24, 2.45) is 11.8 Å². The van der Waals surface area contributed by atoms with Crippen LogP contribution in [-0.4, -0.2) is 6.36 Å². The Labute approximate surface area is 172 Å². The second kappa shape index (κ2) is 9.31. The monoisotopic (exact) mass is 430 g/mol. The first-order valence-corrected chi connectivity index (χ1v) is 10.2. The fraction of sp³-hybridized carbons (Fsp3) is 0.478. The summed E-state index contributed by atoms with van der Waals surface area (Å²) in [6.45, 7) is 2.17.